The fourth-order valence-corrected chi connectivity index (χ4v) is 1.87. The predicted octanol–water partition coefficient (Wildman–Crippen LogP) is -2.02. The van der Waals surface area contributed by atoms with E-state index in [9.17, 15) is 14.7 Å². The summed E-state index contributed by atoms with van der Waals surface area (Å²) in [7, 11) is 0. The van der Waals surface area contributed by atoms with E-state index in [2.05, 4.69) is 11.1 Å². The normalized spacial score (nSPS) is 11.9. The van der Waals surface area contributed by atoms with Crippen molar-refractivity contribution in [2.75, 3.05) is 18.4 Å². The standard InChI is InChI=1S/C13H18ClN3O3/c14-9-4-1-2-5-10(9)17-12(18)8-11(13(19)20)16-7-3-6-15/h1-2,4-5,11,16H,3,6-8,15H2,(H,17,18)(H,19,20)/p+1/t11-/m1/s1. The Morgan fingerprint density at radius 1 is 1.40 bits per heavy atom. The van der Waals surface area contributed by atoms with Gasteiger partial charge in [0.1, 0.15) is 6.04 Å². The van der Waals surface area contributed by atoms with Crippen LogP contribution >= 0.6 is 11.6 Å². The Balaban J connectivity index is 2.54. The Labute approximate surface area is 122 Å². The second-order valence-corrected chi connectivity index (χ2v) is 4.80. The third-order valence-corrected chi connectivity index (χ3v) is 3.09. The minimum atomic E-state index is -1.25. The van der Waals surface area contributed by atoms with Crippen molar-refractivity contribution in [1.29, 1.82) is 0 Å². The minimum Gasteiger partial charge on any atom is -0.544 e. The van der Waals surface area contributed by atoms with Crippen molar-refractivity contribution in [3.8, 4) is 0 Å². The highest BCUT2D eigenvalue weighted by Gasteiger charge is 2.18. The molecule has 6 nitrogen and oxygen atoms in total. The molecule has 6 N–H and O–H groups in total. The first-order valence-corrected chi connectivity index (χ1v) is 6.80. The fourth-order valence-electron chi connectivity index (χ4n) is 1.69. The van der Waals surface area contributed by atoms with Crippen LogP contribution in [0.5, 0.6) is 0 Å². The lowest BCUT2D eigenvalue weighted by atomic mass is 10.2. The maximum absolute atomic E-state index is 11.8. The van der Waals surface area contributed by atoms with E-state index in [1.807, 2.05) is 0 Å². The highest BCUT2D eigenvalue weighted by molar-refractivity contribution is 6.33. The van der Waals surface area contributed by atoms with Crippen LogP contribution in [-0.2, 0) is 9.59 Å². The molecule has 0 saturated carbocycles. The highest BCUT2D eigenvalue weighted by atomic mass is 35.5. The molecule has 1 amide bonds. The van der Waals surface area contributed by atoms with Gasteiger partial charge in [0.2, 0.25) is 5.91 Å². The Morgan fingerprint density at radius 3 is 2.70 bits per heavy atom. The molecule has 0 unspecified atom stereocenters. The SMILES string of the molecule is [NH3+]CCC[NH2+][C@H](CC(=O)Nc1ccccc1Cl)C(=O)[O-]. The first-order chi connectivity index (χ1) is 9.54. The van der Waals surface area contributed by atoms with Gasteiger partial charge in [-0.05, 0) is 12.1 Å². The topological polar surface area (TPSA) is 113 Å². The number of rotatable bonds is 8. The van der Waals surface area contributed by atoms with Crippen molar-refractivity contribution in [3.05, 3.63) is 29.3 Å². The molecule has 0 radical (unpaired) electrons. The number of carboxylic acids is 1. The van der Waals surface area contributed by atoms with Gasteiger partial charge in [-0.25, -0.2) is 0 Å². The van der Waals surface area contributed by atoms with Gasteiger partial charge in [-0.3, -0.25) is 4.79 Å². The summed E-state index contributed by atoms with van der Waals surface area (Å²) in [4.78, 5) is 22.8. The molecule has 7 heteroatoms. The fraction of sp³-hybridized carbons (Fsp3) is 0.385. The predicted molar refractivity (Wildman–Crippen MR) is 72.7 cm³/mol. The second kappa shape index (κ2) is 8.52. The van der Waals surface area contributed by atoms with Crippen LogP contribution in [0.1, 0.15) is 12.8 Å². The van der Waals surface area contributed by atoms with Gasteiger partial charge >= 0.3 is 0 Å². The van der Waals surface area contributed by atoms with Crippen molar-refractivity contribution < 1.29 is 25.7 Å². The summed E-state index contributed by atoms with van der Waals surface area (Å²) in [6, 6.07) is 5.88. The Hall–Kier alpha value is -1.63. The van der Waals surface area contributed by atoms with Gasteiger partial charge in [0, 0.05) is 6.42 Å². The molecule has 1 aromatic carbocycles. The molecule has 0 heterocycles. The quantitative estimate of drug-likeness (QED) is 0.482. The van der Waals surface area contributed by atoms with Gasteiger partial charge in [0.25, 0.3) is 0 Å². The number of benzene rings is 1. The van der Waals surface area contributed by atoms with Gasteiger partial charge in [0.15, 0.2) is 0 Å². The van der Waals surface area contributed by atoms with Crippen LogP contribution in [0.4, 0.5) is 5.69 Å². The van der Waals surface area contributed by atoms with Crippen LogP contribution < -0.4 is 21.5 Å². The Morgan fingerprint density at radius 2 is 2.10 bits per heavy atom. The smallest absolute Gasteiger partial charge is 0.230 e. The molecular formula is C13H19ClN3O3+. The molecule has 0 aliphatic heterocycles. The summed E-state index contributed by atoms with van der Waals surface area (Å²) in [5.74, 6) is -1.65. The number of para-hydroxylation sites is 1. The summed E-state index contributed by atoms with van der Waals surface area (Å²) in [5.41, 5.74) is 4.14. The van der Waals surface area contributed by atoms with Crippen molar-refractivity contribution in [3.63, 3.8) is 0 Å². The molecule has 0 aliphatic rings. The number of halogens is 1. The largest absolute Gasteiger partial charge is 0.544 e. The van der Waals surface area contributed by atoms with Crippen molar-refractivity contribution >= 4 is 29.2 Å². The average molecular weight is 301 g/mol. The zero-order chi connectivity index (χ0) is 15.0. The van der Waals surface area contributed by atoms with E-state index in [1.165, 1.54) is 0 Å². The van der Waals surface area contributed by atoms with Crippen molar-refractivity contribution in [1.82, 2.24) is 0 Å². The first kappa shape index (κ1) is 16.4. The number of aliphatic carboxylic acids is 1. The van der Waals surface area contributed by atoms with Crippen molar-refractivity contribution in [2.24, 2.45) is 0 Å². The number of nitrogens with two attached hydrogens (primary N) is 1. The average Bonchev–Trinajstić information content (AvgIpc) is 2.40. The lowest BCUT2D eigenvalue weighted by molar-refractivity contribution is -0.684. The van der Waals surface area contributed by atoms with E-state index in [0.29, 0.717) is 17.3 Å². The Bertz CT molecular complexity index is 468. The number of amides is 1. The number of anilines is 1. The minimum absolute atomic E-state index is 0.162. The molecule has 1 rings (SSSR count). The van der Waals surface area contributed by atoms with Gasteiger partial charge < -0.3 is 26.3 Å². The van der Waals surface area contributed by atoms with E-state index in [0.717, 1.165) is 13.0 Å². The van der Waals surface area contributed by atoms with E-state index < -0.39 is 17.9 Å². The van der Waals surface area contributed by atoms with Gasteiger partial charge in [0.05, 0.1) is 36.2 Å². The third-order valence-electron chi connectivity index (χ3n) is 2.76. The lowest BCUT2D eigenvalue weighted by Crippen LogP contribution is -2.93. The molecule has 110 valence electrons. The first-order valence-electron chi connectivity index (χ1n) is 6.42. The van der Waals surface area contributed by atoms with Crippen LogP contribution in [0.15, 0.2) is 24.3 Å². The second-order valence-electron chi connectivity index (χ2n) is 4.39. The summed E-state index contributed by atoms with van der Waals surface area (Å²) in [6.45, 7) is 1.32. The van der Waals surface area contributed by atoms with E-state index in [-0.39, 0.29) is 6.42 Å². The van der Waals surface area contributed by atoms with Gasteiger partial charge in [-0.1, -0.05) is 23.7 Å². The van der Waals surface area contributed by atoms with E-state index in [1.54, 1.807) is 29.6 Å². The molecule has 0 aliphatic carbocycles. The number of carboxylic acid groups (broad SMARTS) is 1. The van der Waals surface area contributed by atoms with Crippen LogP contribution in [0.25, 0.3) is 0 Å². The van der Waals surface area contributed by atoms with Gasteiger partial charge in [-0.15, -0.1) is 0 Å². The molecule has 0 bridgehead atoms. The van der Waals surface area contributed by atoms with Gasteiger partial charge in [-0.2, -0.15) is 0 Å². The summed E-state index contributed by atoms with van der Waals surface area (Å²) >= 11 is 5.91. The maximum atomic E-state index is 11.8. The van der Waals surface area contributed by atoms with Crippen LogP contribution in [0.2, 0.25) is 5.02 Å². The number of hydrogen-bond acceptors (Lipinski definition) is 3. The molecule has 20 heavy (non-hydrogen) atoms. The zero-order valence-electron chi connectivity index (χ0n) is 11.1. The molecular weight excluding hydrogens is 282 g/mol. The summed E-state index contributed by atoms with van der Waals surface area (Å²) in [6.07, 6.45) is 0.626. The molecule has 0 saturated heterocycles. The lowest BCUT2D eigenvalue weighted by Gasteiger charge is -2.16. The highest BCUT2D eigenvalue weighted by Crippen LogP contribution is 2.20. The monoisotopic (exact) mass is 300 g/mol. The number of carbonyl (C=O) groups is 2. The number of hydrogen-bond donors (Lipinski definition) is 3. The van der Waals surface area contributed by atoms with Crippen LogP contribution in [0, 0.1) is 0 Å². The van der Waals surface area contributed by atoms with Crippen molar-refractivity contribution in [2.45, 2.75) is 18.9 Å². The zero-order valence-corrected chi connectivity index (χ0v) is 11.9. The Kier molecular flexibility index (Phi) is 7.00. The number of quaternary nitrogens is 2. The molecule has 1 aromatic rings. The number of nitrogens with one attached hydrogen (secondary N) is 1. The van der Waals surface area contributed by atoms with Crippen LogP contribution in [-0.4, -0.2) is 31.0 Å². The molecule has 1 atom stereocenters. The van der Waals surface area contributed by atoms with E-state index in [4.69, 9.17) is 11.6 Å². The number of carbonyl (C=O) groups excluding carboxylic acids is 2. The summed E-state index contributed by atoms with van der Waals surface area (Å²) < 4.78 is 0. The third kappa shape index (κ3) is 5.56. The van der Waals surface area contributed by atoms with Crippen LogP contribution in [0.3, 0.4) is 0 Å². The molecule has 0 spiro atoms. The molecule has 0 aromatic heterocycles. The maximum Gasteiger partial charge on any atom is 0.230 e. The summed E-state index contributed by atoms with van der Waals surface area (Å²) in [5, 5.41) is 15.6. The van der Waals surface area contributed by atoms with E-state index >= 15 is 0 Å². The molecule has 0 fully saturated rings.